The van der Waals surface area contributed by atoms with E-state index in [9.17, 15) is 67.0 Å². The summed E-state index contributed by atoms with van der Waals surface area (Å²) in [5.41, 5.74) is -9.14. The normalized spacial score (nSPS) is 13.7. The number of hydrogen-bond acceptors (Lipinski definition) is 3. The van der Waals surface area contributed by atoms with Crippen LogP contribution in [-0.4, -0.2) is 23.5 Å². The van der Waals surface area contributed by atoms with Crippen LogP contribution in [0.15, 0.2) is 78.9 Å². The highest BCUT2D eigenvalue weighted by atomic mass is 19.4. The monoisotopic (exact) mass is 699 g/mol. The van der Waals surface area contributed by atoms with Crippen molar-refractivity contribution in [1.29, 1.82) is 0 Å². The Hall–Kier alpha value is -4.96. The van der Waals surface area contributed by atoms with Crippen LogP contribution < -0.4 is 10.1 Å². The van der Waals surface area contributed by atoms with Gasteiger partial charge >= 0.3 is 24.9 Å². The van der Waals surface area contributed by atoms with Gasteiger partial charge in [-0.25, -0.2) is 13.2 Å². The first-order valence-electron chi connectivity index (χ1n) is 13.1. The second-order valence-electron chi connectivity index (χ2n) is 10.2. The van der Waals surface area contributed by atoms with Gasteiger partial charge in [-0.1, -0.05) is 18.2 Å². The molecule has 1 unspecified atom stereocenters. The quantitative estimate of drug-likeness (QED) is 0.172. The van der Waals surface area contributed by atoms with Crippen molar-refractivity contribution in [3.05, 3.63) is 130 Å². The minimum absolute atomic E-state index is 0.0225. The summed E-state index contributed by atoms with van der Waals surface area (Å²) < 4.78 is 183. The second-order valence-corrected chi connectivity index (χ2v) is 10.2. The number of nitrogens with one attached hydrogen (secondary N) is 1. The van der Waals surface area contributed by atoms with E-state index in [1.807, 2.05) is 0 Å². The topological polar surface area (TPSA) is 58.6 Å². The molecule has 0 aliphatic heterocycles. The lowest BCUT2D eigenvalue weighted by atomic mass is 9.77. The maximum atomic E-state index is 15.0. The summed E-state index contributed by atoms with van der Waals surface area (Å²) in [4.78, 5) is 13.6. The van der Waals surface area contributed by atoms with Gasteiger partial charge in [0.25, 0.3) is 5.91 Å². The number of ether oxygens (including phenoxy) is 1. The van der Waals surface area contributed by atoms with E-state index in [1.54, 1.807) is 0 Å². The Kier molecular flexibility index (Phi) is 9.66. The Morgan fingerprint density at radius 1 is 0.708 bits per heavy atom. The fourth-order valence-electron chi connectivity index (χ4n) is 4.71. The summed E-state index contributed by atoms with van der Waals surface area (Å²) in [6.45, 7) is 0. The summed E-state index contributed by atoms with van der Waals surface area (Å²) in [5, 5.41) is 11.9. The number of halogens is 13. The summed E-state index contributed by atoms with van der Waals surface area (Å²) in [6, 6.07) is 7.35. The van der Waals surface area contributed by atoms with E-state index in [0.717, 1.165) is 24.3 Å². The molecule has 1 amide bonds. The van der Waals surface area contributed by atoms with Crippen LogP contribution in [0.1, 0.15) is 38.2 Å². The van der Waals surface area contributed by atoms with Crippen LogP contribution in [-0.2, 0) is 24.3 Å². The number of aromatic hydroxyl groups is 1. The molecular weight excluding hydrogens is 681 g/mol. The average Bonchev–Trinajstić information content (AvgIpc) is 2.96. The second kappa shape index (κ2) is 12.9. The zero-order chi connectivity index (χ0) is 35.8. The van der Waals surface area contributed by atoms with Crippen molar-refractivity contribution in [3.8, 4) is 11.5 Å². The minimum atomic E-state index is -5.41. The molecule has 0 bridgehead atoms. The number of phenolic OH excluding ortho intramolecular Hbond substituents is 1. The van der Waals surface area contributed by atoms with E-state index in [2.05, 4.69) is 10.1 Å². The van der Waals surface area contributed by atoms with Gasteiger partial charge in [-0.05, 0) is 71.3 Å². The third-order valence-electron chi connectivity index (χ3n) is 6.90. The smallest absolute Gasteiger partial charge is 0.461 e. The van der Waals surface area contributed by atoms with Crippen LogP contribution in [0.2, 0.25) is 0 Å². The predicted molar refractivity (Wildman–Crippen MR) is 141 cm³/mol. The Balaban J connectivity index is 2.06. The Morgan fingerprint density at radius 3 is 1.83 bits per heavy atom. The van der Waals surface area contributed by atoms with Crippen molar-refractivity contribution in [2.24, 2.45) is 0 Å². The molecule has 0 radical (unpaired) electrons. The lowest BCUT2D eigenvalue weighted by molar-refractivity contribution is -0.253. The van der Waals surface area contributed by atoms with Gasteiger partial charge in [0.2, 0.25) is 0 Å². The molecule has 4 aromatic carbocycles. The van der Waals surface area contributed by atoms with Crippen molar-refractivity contribution >= 4 is 5.91 Å². The molecule has 0 aromatic heterocycles. The highest BCUT2D eigenvalue weighted by Crippen LogP contribution is 2.41. The van der Waals surface area contributed by atoms with Gasteiger partial charge in [0, 0.05) is 18.1 Å². The van der Waals surface area contributed by atoms with Gasteiger partial charge in [-0.2, -0.15) is 43.9 Å². The molecule has 4 nitrogen and oxygen atoms in total. The number of phenols is 1. The zero-order valence-corrected chi connectivity index (χ0v) is 23.5. The largest absolute Gasteiger partial charge is 0.508 e. The SMILES string of the molecule is O=C(NC(Cc1ccc(O)cc1)(c1cc(F)cc(OC(F)(F)C(F)F)c1)c1ccc(F)c(C(F)(F)F)c1)c1ccc(F)c(C(F)(F)F)c1. The number of amides is 1. The van der Waals surface area contributed by atoms with Crippen LogP contribution in [0.25, 0.3) is 0 Å². The van der Waals surface area contributed by atoms with Crippen molar-refractivity contribution in [3.63, 3.8) is 0 Å². The Morgan fingerprint density at radius 2 is 1.27 bits per heavy atom. The molecule has 2 N–H and O–H groups in total. The molecule has 256 valence electrons. The predicted octanol–water partition coefficient (Wildman–Crippen LogP) is 9.00. The maximum absolute atomic E-state index is 15.0. The van der Waals surface area contributed by atoms with E-state index in [4.69, 9.17) is 0 Å². The van der Waals surface area contributed by atoms with Gasteiger partial charge in [0.1, 0.15) is 29.0 Å². The van der Waals surface area contributed by atoms with E-state index in [0.29, 0.717) is 24.3 Å². The first-order chi connectivity index (χ1) is 22.1. The van der Waals surface area contributed by atoms with Gasteiger partial charge in [0.15, 0.2) is 0 Å². The zero-order valence-electron chi connectivity index (χ0n) is 23.5. The van der Waals surface area contributed by atoms with Crippen molar-refractivity contribution in [1.82, 2.24) is 5.32 Å². The molecule has 0 spiro atoms. The molecule has 0 saturated carbocycles. The summed E-state index contributed by atoms with van der Waals surface area (Å²) in [7, 11) is 0. The summed E-state index contributed by atoms with van der Waals surface area (Å²) in [6.07, 6.45) is -21.3. The number of hydrogen-bond donors (Lipinski definition) is 2. The Bertz CT molecular complexity index is 1810. The molecule has 0 heterocycles. The molecule has 17 heteroatoms. The molecule has 0 fully saturated rings. The minimum Gasteiger partial charge on any atom is -0.508 e. The van der Waals surface area contributed by atoms with Crippen molar-refractivity contribution < 1.29 is 71.7 Å². The molecule has 48 heavy (non-hydrogen) atoms. The van der Waals surface area contributed by atoms with Crippen LogP contribution in [0.3, 0.4) is 0 Å². The van der Waals surface area contributed by atoms with E-state index in [-0.39, 0.29) is 41.6 Å². The molecule has 4 aromatic rings. The van der Waals surface area contributed by atoms with Crippen LogP contribution in [0.4, 0.5) is 57.1 Å². The van der Waals surface area contributed by atoms with E-state index in [1.165, 1.54) is 0 Å². The number of rotatable bonds is 9. The molecule has 0 aliphatic carbocycles. The molecule has 1 atom stereocenters. The highest BCUT2D eigenvalue weighted by molar-refractivity contribution is 5.95. The first-order valence-corrected chi connectivity index (χ1v) is 13.1. The van der Waals surface area contributed by atoms with Crippen molar-refractivity contribution in [2.45, 2.75) is 36.8 Å². The standard InChI is InChI=1S/C31H18F13NO3/c32-19-10-18(11-21(13-19)48-31(43,44)27(35)36)28(14-15-1-5-20(46)6-2-15,17-4-8-25(34)23(12-17)30(40,41)42)45-26(47)16-3-7-24(33)22(9-16)29(37,38)39/h1-13,27,46H,14H2,(H,45,47). The molecular formula is C31H18F13NO3. The fourth-order valence-corrected chi connectivity index (χ4v) is 4.71. The van der Waals surface area contributed by atoms with Gasteiger partial charge in [0.05, 0.1) is 16.7 Å². The lowest BCUT2D eigenvalue weighted by Gasteiger charge is -2.37. The third-order valence-corrected chi connectivity index (χ3v) is 6.90. The Labute approximate surface area is 261 Å². The van der Waals surface area contributed by atoms with E-state index < -0.39 is 93.8 Å². The maximum Gasteiger partial charge on any atom is 0.461 e. The van der Waals surface area contributed by atoms with Gasteiger partial charge in [-0.3, -0.25) is 4.79 Å². The van der Waals surface area contributed by atoms with Gasteiger partial charge < -0.3 is 15.2 Å². The highest BCUT2D eigenvalue weighted by Gasteiger charge is 2.45. The molecule has 4 rings (SSSR count). The van der Waals surface area contributed by atoms with Crippen LogP contribution >= 0.6 is 0 Å². The van der Waals surface area contributed by atoms with Gasteiger partial charge in [-0.15, -0.1) is 0 Å². The van der Waals surface area contributed by atoms with E-state index >= 15 is 0 Å². The fraction of sp³-hybridized carbons (Fsp3) is 0.194. The molecule has 0 saturated heterocycles. The number of alkyl halides is 10. The average molecular weight is 699 g/mol. The first kappa shape index (κ1) is 35.9. The number of carbonyl (C=O) groups is 1. The summed E-state index contributed by atoms with van der Waals surface area (Å²) in [5.74, 6) is -8.45. The number of carbonyl (C=O) groups excluding carboxylic acids is 1. The molecule has 0 aliphatic rings. The third kappa shape index (κ3) is 7.77. The van der Waals surface area contributed by atoms with Crippen molar-refractivity contribution in [2.75, 3.05) is 0 Å². The van der Waals surface area contributed by atoms with Crippen LogP contribution in [0.5, 0.6) is 11.5 Å². The number of benzene rings is 4. The van der Waals surface area contributed by atoms with Crippen LogP contribution in [0, 0.1) is 17.5 Å². The summed E-state index contributed by atoms with van der Waals surface area (Å²) >= 11 is 0. The lowest BCUT2D eigenvalue weighted by Crippen LogP contribution is -2.49.